The second kappa shape index (κ2) is 6.72. The molecule has 1 heterocycles. The van der Waals surface area contributed by atoms with Crippen molar-refractivity contribution in [2.45, 2.75) is 19.5 Å². The fraction of sp³-hybridized carbons (Fsp3) is 0.533. The summed E-state index contributed by atoms with van der Waals surface area (Å²) in [6.45, 7) is 4.28. The van der Waals surface area contributed by atoms with Crippen LogP contribution in [0.1, 0.15) is 12.5 Å². The first kappa shape index (κ1) is 14.8. The highest BCUT2D eigenvalue weighted by atomic mass is 16.5. The van der Waals surface area contributed by atoms with Gasteiger partial charge in [0.05, 0.1) is 19.1 Å². The van der Waals surface area contributed by atoms with Crippen LogP contribution in [-0.4, -0.2) is 48.8 Å². The molecule has 0 aromatic heterocycles. The summed E-state index contributed by atoms with van der Waals surface area (Å²) >= 11 is 0. The number of aromatic hydroxyl groups is 1. The van der Waals surface area contributed by atoms with Gasteiger partial charge in [-0.05, 0) is 12.6 Å². The number of benzene rings is 1. The minimum Gasteiger partial charge on any atom is -0.508 e. The summed E-state index contributed by atoms with van der Waals surface area (Å²) in [6.07, 6.45) is 0. The molecule has 1 aliphatic rings. The third kappa shape index (κ3) is 3.29. The second-order valence-corrected chi connectivity index (χ2v) is 5.13. The van der Waals surface area contributed by atoms with E-state index in [0.29, 0.717) is 19.8 Å². The van der Waals surface area contributed by atoms with Crippen molar-refractivity contribution in [1.29, 1.82) is 0 Å². The first-order valence-electron chi connectivity index (χ1n) is 6.96. The van der Waals surface area contributed by atoms with Crippen LogP contribution in [0.25, 0.3) is 0 Å². The highest BCUT2D eigenvalue weighted by molar-refractivity contribution is 5.79. The van der Waals surface area contributed by atoms with Crippen molar-refractivity contribution < 1.29 is 14.6 Å². The van der Waals surface area contributed by atoms with Crippen LogP contribution in [0.2, 0.25) is 0 Å². The number of nitrogens with zero attached hydrogens (tertiary/aromatic N) is 1. The molecular formula is C15H22N2O3. The van der Waals surface area contributed by atoms with E-state index in [4.69, 9.17) is 4.74 Å². The van der Waals surface area contributed by atoms with Crippen LogP contribution in [0.3, 0.4) is 0 Å². The number of phenolic OH excluding ortho intramolecular Hbond substituents is 1. The van der Waals surface area contributed by atoms with E-state index >= 15 is 0 Å². The van der Waals surface area contributed by atoms with E-state index in [1.165, 1.54) is 0 Å². The molecule has 1 fully saturated rings. The Balaban J connectivity index is 2.00. The molecule has 0 saturated carbocycles. The standard InChI is InChI=1S/C15H22N2O3/c1-3-16-13-10-20-9-12(13)15(19)17(2)8-11-6-4-5-7-14(11)18/h4-7,12-13,16,18H,3,8-10H2,1-2H3. The number of hydrogen-bond acceptors (Lipinski definition) is 4. The molecule has 5 nitrogen and oxygen atoms in total. The molecule has 0 radical (unpaired) electrons. The van der Waals surface area contributed by atoms with E-state index in [-0.39, 0.29) is 23.6 Å². The quantitative estimate of drug-likeness (QED) is 0.842. The smallest absolute Gasteiger partial charge is 0.229 e. The summed E-state index contributed by atoms with van der Waals surface area (Å²) in [5, 5.41) is 13.1. The van der Waals surface area contributed by atoms with Gasteiger partial charge in [-0.2, -0.15) is 0 Å². The maximum Gasteiger partial charge on any atom is 0.229 e. The molecule has 1 aromatic carbocycles. The molecule has 1 aliphatic heterocycles. The molecule has 2 N–H and O–H groups in total. The number of para-hydroxylation sites is 1. The van der Waals surface area contributed by atoms with Crippen LogP contribution in [-0.2, 0) is 16.1 Å². The normalized spacial score (nSPS) is 21.9. The average molecular weight is 278 g/mol. The number of phenols is 1. The number of carbonyl (C=O) groups excluding carboxylic acids is 1. The summed E-state index contributed by atoms with van der Waals surface area (Å²) in [7, 11) is 1.76. The first-order valence-corrected chi connectivity index (χ1v) is 6.96. The summed E-state index contributed by atoms with van der Waals surface area (Å²) in [5.74, 6) is 0.126. The molecular weight excluding hydrogens is 256 g/mol. The van der Waals surface area contributed by atoms with Gasteiger partial charge in [0, 0.05) is 25.2 Å². The van der Waals surface area contributed by atoms with E-state index in [2.05, 4.69) is 5.32 Å². The van der Waals surface area contributed by atoms with Gasteiger partial charge in [0.2, 0.25) is 5.91 Å². The van der Waals surface area contributed by atoms with Crippen LogP contribution in [0.5, 0.6) is 5.75 Å². The molecule has 2 atom stereocenters. The highest BCUT2D eigenvalue weighted by Crippen LogP contribution is 2.20. The van der Waals surface area contributed by atoms with Crippen molar-refractivity contribution in [1.82, 2.24) is 10.2 Å². The number of likely N-dealkylation sites (N-methyl/N-ethyl adjacent to an activating group) is 1. The van der Waals surface area contributed by atoms with Gasteiger partial charge >= 0.3 is 0 Å². The van der Waals surface area contributed by atoms with E-state index in [0.717, 1.165) is 12.1 Å². The number of hydrogen-bond donors (Lipinski definition) is 2. The number of carbonyl (C=O) groups is 1. The lowest BCUT2D eigenvalue weighted by atomic mass is 10.0. The zero-order chi connectivity index (χ0) is 14.5. The Bertz CT molecular complexity index is 464. The average Bonchev–Trinajstić information content (AvgIpc) is 2.89. The lowest BCUT2D eigenvalue weighted by Gasteiger charge is -2.24. The predicted molar refractivity (Wildman–Crippen MR) is 76.4 cm³/mol. The maximum atomic E-state index is 12.5. The maximum absolute atomic E-state index is 12.5. The van der Waals surface area contributed by atoms with Crippen LogP contribution in [0, 0.1) is 5.92 Å². The molecule has 0 bridgehead atoms. The molecule has 20 heavy (non-hydrogen) atoms. The zero-order valence-electron chi connectivity index (χ0n) is 12.0. The van der Waals surface area contributed by atoms with Crippen LogP contribution < -0.4 is 5.32 Å². The summed E-state index contributed by atoms with van der Waals surface area (Å²) in [4.78, 5) is 14.1. The number of rotatable bonds is 5. The lowest BCUT2D eigenvalue weighted by Crippen LogP contribution is -2.44. The zero-order valence-corrected chi connectivity index (χ0v) is 12.0. The largest absolute Gasteiger partial charge is 0.508 e. The summed E-state index contributed by atoms with van der Waals surface area (Å²) in [5.41, 5.74) is 0.752. The van der Waals surface area contributed by atoms with E-state index < -0.39 is 0 Å². The third-order valence-electron chi connectivity index (χ3n) is 3.64. The Morgan fingerprint density at radius 2 is 2.20 bits per heavy atom. The van der Waals surface area contributed by atoms with Crippen molar-refractivity contribution >= 4 is 5.91 Å². The number of nitrogens with one attached hydrogen (secondary N) is 1. The third-order valence-corrected chi connectivity index (χ3v) is 3.64. The number of ether oxygens (including phenoxy) is 1. The lowest BCUT2D eigenvalue weighted by molar-refractivity contribution is -0.135. The predicted octanol–water partition coefficient (Wildman–Crippen LogP) is 0.975. The summed E-state index contributed by atoms with van der Waals surface area (Å²) in [6, 6.07) is 7.17. The van der Waals surface area contributed by atoms with Gasteiger partial charge in [-0.3, -0.25) is 4.79 Å². The fourth-order valence-corrected chi connectivity index (χ4v) is 2.52. The van der Waals surface area contributed by atoms with Gasteiger partial charge in [0.25, 0.3) is 0 Å². The first-order chi connectivity index (χ1) is 9.63. The summed E-state index contributed by atoms with van der Waals surface area (Å²) < 4.78 is 5.41. The minimum absolute atomic E-state index is 0.0525. The molecule has 0 spiro atoms. The molecule has 2 unspecified atom stereocenters. The molecule has 1 saturated heterocycles. The van der Waals surface area contributed by atoms with Crippen molar-refractivity contribution in [2.75, 3.05) is 26.8 Å². The van der Waals surface area contributed by atoms with E-state index in [9.17, 15) is 9.90 Å². The van der Waals surface area contributed by atoms with E-state index in [1.807, 2.05) is 19.1 Å². The number of amides is 1. The Labute approximate surface area is 119 Å². The van der Waals surface area contributed by atoms with Crippen molar-refractivity contribution in [2.24, 2.45) is 5.92 Å². The van der Waals surface area contributed by atoms with Crippen LogP contribution in [0.15, 0.2) is 24.3 Å². The monoisotopic (exact) mass is 278 g/mol. The minimum atomic E-state index is -0.147. The Morgan fingerprint density at radius 3 is 2.90 bits per heavy atom. The molecule has 1 amide bonds. The van der Waals surface area contributed by atoms with Crippen LogP contribution >= 0.6 is 0 Å². The van der Waals surface area contributed by atoms with E-state index in [1.54, 1.807) is 24.1 Å². The fourth-order valence-electron chi connectivity index (χ4n) is 2.52. The van der Waals surface area contributed by atoms with Crippen molar-refractivity contribution in [3.8, 4) is 5.75 Å². The Hall–Kier alpha value is -1.59. The Morgan fingerprint density at radius 1 is 1.45 bits per heavy atom. The van der Waals surface area contributed by atoms with Gasteiger partial charge in [0.1, 0.15) is 5.75 Å². The van der Waals surface area contributed by atoms with Gasteiger partial charge in [-0.1, -0.05) is 25.1 Å². The van der Waals surface area contributed by atoms with Crippen LogP contribution in [0.4, 0.5) is 0 Å². The molecule has 2 rings (SSSR count). The van der Waals surface area contributed by atoms with Gasteiger partial charge in [-0.15, -0.1) is 0 Å². The van der Waals surface area contributed by atoms with Gasteiger partial charge < -0.3 is 20.1 Å². The molecule has 1 aromatic rings. The van der Waals surface area contributed by atoms with Gasteiger partial charge in [-0.25, -0.2) is 0 Å². The Kier molecular flexibility index (Phi) is 4.98. The van der Waals surface area contributed by atoms with Crippen molar-refractivity contribution in [3.63, 3.8) is 0 Å². The molecule has 0 aliphatic carbocycles. The highest BCUT2D eigenvalue weighted by Gasteiger charge is 2.35. The van der Waals surface area contributed by atoms with Gasteiger partial charge in [0.15, 0.2) is 0 Å². The molecule has 5 heteroatoms. The molecule has 110 valence electrons. The second-order valence-electron chi connectivity index (χ2n) is 5.13. The van der Waals surface area contributed by atoms with Crippen molar-refractivity contribution in [3.05, 3.63) is 29.8 Å². The SMILES string of the molecule is CCNC1COCC1C(=O)N(C)Cc1ccccc1O. The topological polar surface area (TPSA) is 61.8 Å².